The highest BCUT2D eigenvalue weighted by Crippen LogP contribution is 2.34. The fraction of sp³-hybridized carbons (Fsp3) is 0.261. The number of rotatable bonds is 4. The lowest BCUT2D eigenvalue weighted by molar-refractivity contribution is -0.146. The molecule has 0 unspecified atom stereocenters. The lowest BCUT2D eigenvalue weighted by atomic mass is 10.00. The van der Waals surface area contributed by atoms with Gasteiger partial charge in [-0.1, -0.05) is 50.2 Å². The Morgan fingerprint density at radius 3 is 2.48 bits per heavy atom. The van der Waals surface area contributed by atoms with Gasteiger partial charge in [0.2, 0.25) is 0 Å². The summed E-state index contributed by atoms with van der Waals surface area (Å²) < 4.78 is 1.35. The van der Waals surface area contributed by atoms with Crippen LogP contribution in [0.1, 0.15) is 39.4 Å². The number of aromatic nitrogens is 2. The van der Waals surface area contributed by atoms with Gasteiger partial charge < -0.3 is 5.11 Å². The second kappa shape index (κ2) is 6.81. The fourth-order valence-electron chi connectivity index (χ4n) is 3.60. The first-order valence-corrected chi connectivity index (χ1v) is 10.4. The van der Waals surface area contributed by atoms with Crippen LogP contribution in [0, 0.1) is 0 Å². The van der Waals surface area contributed by atoms with Crippen molar-refractivity contribution in [2.45, 2.75) is 39.2 Å². The molecule has 5 nitrogen and oxygen atoms in total. The number of carboxylic acids is 1. The van der Waals surface area contributed by atoms with Gasteiger partial charge in [-0.15, -0.1) is 11.3 Å². The number of benzene rings is 2. The van der Waals surface area contributed by atoms with Crippen LogP contribution in [0.25, 0.3) is 32.1 Å². The standard InChI is InChI=1S/C23H22N2O3S/c1-13(2)19-24-20-18(21(26)25(19)23(3,4)22(27)28)17(12-29-20)16-10-9-14-7-5-6-8-15(14)11-16/h5-13H,1-4H3,(H,27,28). The molecule has 0 saturated heterocycles. The van der Waals surface area contributed by atoms with Gasteiger partial charge in [0.25, 0.3) is 5.56 Å². The zero-order valence-electron chi connectivity index (χ0n) is 16.8. The largest absolute Gasteiger partial charge is 0.480 e. The first-order valence-electron chi connectivity index (χ1n) is 9.49. The van der Waals surface area contributed by atoms with Crippen molar-refractivity contribution in [3.63, 3.8) is 0 Å². The third-order valence-corrected chi connectivity index (χ3v) is 6.17. The Labute approximate surface area is 172 Å². The smallest absolute Gasteiger partial charge is 0.329 e. The summed E-state index contributed by atoms with van der Waals surface area (Å²) in [5.74, 6) is -0.663. The number of hydrogen-bond donors (Lipinski definition) is 1. The van der Waals surface area contributed by atoms with Gasteiger partial charge in [0.05, 0.1) is 5.39 Å². The maximum atomic E-state index is 13.6. The van der Waals surface area contributed by atoms with Crippen LogP contribution in [0.4, 0.5) is 0 Å². The van der Waals surface area contributed by atoms with E-state index in [9.17, 15) is 14.7 Å². The van der Waals surface area contributed by atoms with Crippen LogP contribution >= 0.6 is 11.3 Å². The van der Waals surface area contributed by atoms with Crippen molar-refractivity contribution < 1.29 is 9.90 Å². The van der Waals surface area contributed by atoms with Crippen LogP contribution < -0.4 is 5.56 Å². The molecule has 0 fully saturated rings. The molecule has 1 N–H and O–H groups in total. The van der Waals surface area contributed by atoms with Gasteiger partial charge in [-0.2, -0.15) is 0 Å². The molecule has 0 amide bonds. The monoisotopic (exact) mass is 406 g/mol. The van der Waals surface area contributed by atoms with Crippen LogP contribution in [-0.2, 0) is 10.3 Å². The van der Waals surface area contributed by atoms with Gasteiger partial charge in [0.1, 0.15) is 16.2 Å². The molecule has 148 valence electrons. The molecule has 29 heavy (non-hydrogen) atoms. The summed E-state index contributed by atoms with van der Waals surface area (Å²) in [5, 5.41) is 14.4. The zero-order chi connectivity index (χ0) is 20.9. The highest BCUT2D eigenvalue weighted by Gasteiger charge is 2.35. The highest BCUT2D eigenvalue weighted by atomic mass is 32.1. The third-order valence-electron chi connectivity index (χ3n) is 5.29. The minimum absolute atomic E-state index is 0.0862. The average Bonchev–Trinajstić information content (AvgIpc) is 3.11. The Morgan fingerprint density at radius 2 is 1.83 bits per heavy atom. The van der Waals surface area contributed by atoms with Crippen molar-refractivity contribution in [3.05, 3.63) is 64.0 Å². The molecule has 0 bridgehead atoms. The van der Waals surface area contributed by atoms with Gasteiger partial charge >= 0.3 is 5.97 Å². The fourth-order valence-corrected chi connectivity index (χ4v) is 4.54. The number of aliphatic carboxylic acids is 1. The molecule has 0 aliphatic heterocycles. The summed E-state index contributed by atoms with van der Waals surface area (Å²) in [5.41, 5.74) is 0.000311. The maximum absolute atomic E-state index is 13.6. The molecule has 2 heterocycles. The van der Waals surface area contributed by atoms with Gasteiger partial charge in [-0.05, 0) is 36.2 Å². The van der Waals surface area contributed by atoms with E-state index in [4.69, 9.17) is 4.98 Å². The van der Waals surface area contributed by atoms with Gasteiger partial charge in [-0.25, -0.2) is 9.78 Å². The molecular formula is C23H22N2O3S. The number of thiophene rings is 1. The van der Waals surface area contributed by atoms with Crippen LogP contribution in [0.3, 0.4) is 0 Å². The summed E-state index contributed by atoms with van der Waals surface area (Å²) in [6.45, 7) is 6.91. The Morgan fingerprint density at radius 1 is 1.14 bits per heavy atom. The molecular weight excluding hydrogens is 384 g/mol. The highest BCUT2D eigenvalue weighted by molar-refractivity contribution is 7.17. The van der Waals surface area contributed by atoms with Crippen molar-refractivity contribution in [2.24, 2.45) is 0 Å². The predicted octanol–water partition coefficient (Wildman–Crippen LogP) is 5.22. The van der Waals surface area contributed by atoms with Gasteiger partial charge in [-0.3, -0.25) is 9.36 Å². The molecule has 0 radical (unpaired) electrons. The molecule has 0 aliphatic rings. The molecule has 0 aliphatic carbocycles. The summed E-state index contributed by atoms with van der Waals surface area (Å²) >= 11 is 1.42. The first-order chi connectivity index (χ1) is 13.7. The van der Waals surface area contributed by atoms with Crippen LogP contribution in [0.2, 0.25) is 0 Å². The van der Waals surface area contributed by atoms with E-state index in [0.717, 1.165) is 21.9 Å². The van der Waals surface area contributed by atoms with Crippen molar-refractivity contribution in [3.8, 4) is 11.1 Å². The van der Waals surface area contributed by atoms with Crippen molar-refractivity contribution in [1.82, 2.24) is 9.55 Å². The molecule has 2 aromatic carbocycles. The van der Waals surface area contributed by atoms with Crippen LogP contribution in [-0.4, -0.2) is 20.6 Å². The van der Waals surface area contributed by atoms with Crippen molar-refractivity contribution >= 4 is 38.3 Å². The molecule has 0 saturated carbocycles. The normalized spacial score (nSPS) is 12.2. The van der Waals surface area contributed by atoms with Crippen LogP contribution in [0.5, 0.6) is 0 Å². The van der Waals surface area contributed by atoms with Crippen LogP contribution in [0.15, 0.2) is 52.6 Å². The number of carbonyl (C=O) groups is 1. The van der Waals surface area contributed by atoms with E-state index < -0.39 is 11.5 Å². The first kappa shape index (κ1) is 19.3. The maximum Gasteiger partial charge on any atom is 0.329 e. The molecule has 4 rings (SSSR count). The lowest BCUT2D eigenvalue weighted by Gasteiger charge is -2.27. The molecule has 4 aromatic rings. The second-order valence-electron chi connectivity index (χ2n) is 8.02. The number of hydrogen-bond acceptors (Lipinski definition) is 4. The van der Waals surface area contributed by atoms with Gasteiger partial charge in [0, 0.05) is 16.9 Å². The quantitative estimate of drug-likeness (QED) is 0.504. The summed E-state index contributed by atoms with van der Waals surface area (Å²) in [4.78, 5) is 30.9. The molecule has 0 spiro atoms. The third kappa shape index (κ3) is 3.04. The van der Waals surface area contributed by atoms with E-state index >= 15 is 0 Å². The average molecular weight is 407 g/mol. The Kier molecular flexibility index (Phi) is 4.54. The minimum Gasteiger partial charge on any atom is -0.480 e. The number of fused-ring (bicyclic) bond motifs is 2. The summed E-state index contributed by atoms with van der Waals surface area (Å²) in [7, 11) is 0. The van der Waals surface area contributed by atoms with E-state index in [1.165, 1.54) is 29.8 Å². The van der Waals surface area contributed by atoms with E-state index in [2.05, 4.69) is 6.07 Å². The topological polar surface area (TPSA) is 72.2 Å². The van der Waals surface area contributed by atoms with E-state index in [1.807, 2.05) is 55.6 Å². The Hall–Kier alpha value is -2.99. The molecule has 2 aromatic heterocycles. The lowest BCUT2D eigenvalue weighted by Crippen LogP contribution is -2.45. The zero-order valence-corrected chi connectivity index (χ0v) is 17.6. The Bertz CT molecular complexity index is 1310. The number of nitrogens with zero attached hydrogens (tertiary/aromatic N) is 2. The van der Waals surface area contributed by atoms with Crippen molar-refractivity contribution in [1.29, 1.82) is 0 Å². The van der Waals surface area contributed by atoms with Crippen molar-refractivity contribution in [2.75, 3.05) is 0 Å². The SMILES string of the molecule is CC(C)c1nc2scc(-c3ccc4ccccc4c3)c2c(=O)n1C(C)(C)C(=O)O. The number of carboxylic acid groups (broad SMARTS) is 1. The predicted molar refractivity (Wildman–Crippen MR) is 118 cm³/mol. The van der Waals surface area contributed by atoms with E-state index in [0.29, 0.717) is 16.0 Å². The summed E-state index contributed by atoms with van der Waals surface area (Å²) in [6, 6.07) is 14.1. The van der Waals surface area contributed by atoms with Gasteiger partial charge in [0.15, 0.2) is 0 Å². The molecule has 6 heteroatoms. The Balaban J connectivity index is 2.05. The van der Waals surface area contributed by atoms with E-state index in [1.54, 1.807) is 0 Å². The minimum atomic E-state index is -1.40. The second-order valence-corrected chi connectivity index (χ2v) is 8.88. The summed E-state index contributed by atoms with van der Waals surface area (Å²) in [6.07, 6.45) is 0. The molecule has 0 atom stereocenters. The van der Waals surface area contributed by atoms with E-state index in [-0.39, 0.29) is 11.5 Å².